The molecule has 0 saturated carbocycles. The third-order valence-electron chi connectivity index (χ3n) is 1.48. The molecule has 1 aliphatic carbocycles. The van der Waals surface area contributed by atoms with Crippen LogP contribution in [0, 0.1) is 0 Å². The van der Waals surface area contributed by atoms with Crippen molar-refractivity contribution < 1.29 is 19.0 Å². The minimum Gasteiger partial charge on any atom is -0.386 e. The molecule has 0 saturated heterocycles. The van der Waals surface area contributed by atoms with Gasteiger partial charge in [0.05, 0.1) is 0 Å². The number of rotatable bonds is 0. The van der Waals surface area contributed by atoms with E-state index in [1.54, 1.807) is 0 Å². The lowest BCUT2D eigenvalue weighted by molar-refractivity contribution is -0.144. The van der Waals surface area contributed by atoms with E-state index in [0.717, 1.165) is 6.08 Å². The second-order valence-corrected chi connectivity index (χ2v) is 2.33. The number of halogens is 2. The molecule has 58 valence electrons. The highest BCUT2D eigenvalue weighted by Gasteiger charge is 2.43. The van der Waals surface area contributed by atoms with E-state index in [2.05, 4.69) is 0 Å². The molecule has 0 bridgehead atoms. The maximum Gasteiger partial charge on any atom is 0.279 e. The number of allylic oxidation sites excluding steroid dienone is 1. The van der Waals surface area contributed by atoms with Crippen molar-refractivity contribution in [3.63, 3.8) is 0 Å². The molecule has 2 N–H and O–H groups in total. The van der Waals surface area contributed by atoms with Crippen molar-refractivity contribution in [3.8, 4) is 0 Å². The van der Waals surface area contributed by atoms with Crippen LogP contribution < -0.4 is 0 Å². The van der Waals surface area contributed by atoms with Gasteiger partial charge < -0.3 is 10.2 Å². The second kappa shape index (κ2) is 2.29. The lowest BCUT2D eigenvalue weighted by Gasteiger charge is -2.27. The molecule has 2 nitrogen and oxygen atoms in total. The average molecular weight is 150 g/mol. The lowest BCUT2D eigenvalue weighted by atomic mass is 9.98. The Kier molecular flexibility index (Phi) is 1.74. The van der Waals surface area contributed by atoms with E-state index >= 15 is 0 Å². The van der Waals surface area contributed by atoms with E-state index in [4.69, 9.17) is 10.2 Å². The lowest BCUT2D eigenvalue weighted by Crippen LogP contribution is -2.43. The summed E-state index contributed by atoms with van der Waals surface area (Å²) in [5.41, 5.74) is 0. The zero-order valence-corrected chi connectivity index (χ0v) is 5.17. The molecule has 10 heavy (non-hydrogen) atoms. The van der Waals surface area contributed by atoms with Gasteiger partial charge in [0.25, 0.3) is 5.92 Å². The monoisotopic (exact) mass is 150 g/mol. The molecule has 0 amide bonds. The largest absolute Gasteiger partial charge is 0.386 e. The molecule has 0 aromatic heterocycles. The van der Waals surface area contributed by atoms with Crippen molar-refractivity contribution in [2.75, 3.05) is 0 Å². The maximum atomic E-state index is 12.4. The average Bonchev–Trinajstić information content (AvgIpc) is 1.83. The van der Waals surface area contributed by atoms with Gasteiger partial charge in [0.15, 0.2) is 0 Å². The molecule has 1 aliphatic rings. The summed E-state index contributed by atoms with van der Waals surface area (Å²) in [6.07, 6.45) is -1.54. The van der Waals surface area contributed by atoms with Gasteiger partial charge in [-0.15, -0.1) is 0 Å². The van der Waals surface area contributed by atoms with Gasteiger partial charge in [-0.1, -0.05) is 12.2 Å². The molecule has 4 heteroatoms. The van der Waals surface area contributed by atoms with Crippen LogP contribution in [0.25, 0.3) is 0 Å². The Morgan fingerprint density at radius 3 is 2.40 bits per heavy atom. The Bertz CT molecular complexity index is 156. The summed E-state index contributed by atoms with van der Waals surface area (Å²) in [6.45, 7) is 0. The van der Waals surface area contributed by atoms with E-state index in [1.165, 1.54) is 6.08 Å². The van der Waals surface area contributed by atoms with E-state index < -0.39 is 24.6 Å². The molecular weight excluding hydrogens is 142 g/mol. The van der Waals surface area contributed by atoms with Crippen LogP contribution in [0.2, 0.25) is 0 Å². The van der Waals surface area contributed by atoms with Crippen LogP contribution in [0.15, 0.2) is 12.2 Å². The van der Waals surface area contributed by atoms with Crippen LogP contribution in [0.3, 0.4) is 0 Å². The van der Waals surface area contributed by atoms with Gasteiger partial charge in [-0.05, 0) is 0 Å². The SMILES string of the molecule is O[C@@H]1C=CCC(F)(F)[C@H]1O. The fraction of sp³-hybridized carbons (Fsp3) is 0.667. The smallest absolute Gasteiger partial charge is 0.279 e. The summed E-state index contributed by atoms with van der Waals surface area (Å²) < 4.78 is 24.8. The van der Waals surface area contributed by atoms with E-state index in [9.17, 15) is 8.78 Å². The van der Waals surface area contributed by atoms with Crippen molar-refractivity contribution in [1.29, 1.82) is 0 Å². The minimum absolute atomic E-state index is 0.495. The molecule has 0 aromatic rings. The highest BCUT2D eigenvalue weighted by atomic mass is 19.3. The number of hydrogen-bond donors (Lipinski definition) is 2. The molecule has 0 fully saturated rings. The Balaban J connectivity index is 2.75. The van der Waals surface area contributed by atoms with Gasteiger partial charge in [-0.2, -0.15) is 0 Å². The number of aliphatic hydroxyl groups excluding tert-OH is 2. The Hall–Kier alpha value is -0.480. The number of hydrogen-bond acceptors (Lipinski definition) is 2. The molecule has 1 rings (SSSR count). The molecule has 0 radical (unpaired) electrons. The van der Waals surface area contributed by atoms with Crippen LogP contribution in [-0.2, 0) is 0 Å². The van der Waals surface area contributed by atoms with Crippen molar-refractivity contribution in [1.82, 2.24) is 0 Å². The summed E-state index contributed by atoms with van der Waals surface area (Å²) in [5.74, 6) is -3.17. The Morgan fingerprint density at radius 1 is 1.40 bits per heavy atom. The first-order valence-corrected chi connectivity index (χ1v) is 2.94. The molecule has 0 unspecified atom stereocenters. The van der Waals surface area contributed by atoms with Gasteiger partial charge in [0.1, 0.15) is 12.2 Å². The van der Waals surface area contributed by atoms with Crippen LogP contribution in [0.4, 0.5) is 8.78 Å². The van der Waals surface area contributed by atoms with Gasteiger partial charge in [0.2, 0.25) is 0 Å². The fourth-order valence-corrected chi connectivity index (χ4v) is 0.840. The van der Waals surface area contributed by atoms with Crippen LogP contribution in [0.5, 0.6) is 0 Å². The van der Waals surface area contributed by atoms with Crippen molar-refractivity contribution in [2.24, 2.45) is 0 Å². The zero-order chi connectivity index (χ0) is 7.78. The first-order valence-electron chi connectivity index (χ1n) is 2.94. The topological polar surface area (TPSA) is 40.5 Å². The van der Waals surface area contributed by atoms with E-state index in [-0.39, 0.29) is 0 Å². The summed E-state index contributed by atoms with van der Waals surface area (Å²) in [5, 5.41) is 17.4. The van der Waals surface area contributed by atoms with Crippen molar-refractivity contribution >= 4 is 0 Å². The van der Waals surface area contributed by atoms with Crippen LogP contribution in [-0.4, -0.2) is 28.3 Å². The number of aliphatic hydroxyl groups is 2. The van der Waals surface area contributed by atoms with Crippen LogP contribution >= 0.6 is 0 Å². The van der Waals surface area contributed by atoms with Gasteiger partial charge >= 0.3 is 0 Å². The quantitative estimate of drug-likeness (QED) is 0.488. The third-order valence-corrected chi connectivity index (χ3v) is 1.48. The van der Waals surface area contributed by atoms with Crippen molar-refractivity contribution in [2.45, 2.75) is 24.6 Å². The fourth-order valence-electron chi connectivity index (χ4n) is 0.840. The van der Waals surface area contributed by atoms with Gasteiger partial charge in [0, 0.05) is 6.42 Å². The third kappa shape index (κ3) is 1.17. The highest BCUT2D eigenvalue weighted by Crippen LogP contribution is 2.29. The molecule has 0 aromatic carbocycles. The van der Waals surface area contributed by atoms with E-state index in [0.29, 0.717) is 0 Å². The second-order valence-electron chi connectivity index (χ2n) is 2.33. The molecular formula is C6H8F2O2. The zero-order valence-electron chi connectivity index (χ0n) is 5.17. The first-order chi connectivity index (χ1) is 4.54. The standard InChI is InChI=1S/C6H8F2O2/c7-6(8)3-1-2-4(9)5(6)10/h1-2,4-5,9-10H,3H2/t4-,5+/m1/s1. The normalized spacial score (nSPS) is 38.0. The predicted octanol–water partition coefficient (Wildman–Crippen LogP) is 0.303. The van der Waals surface area contributed by atoms with Gasteiger partial charge in [-0.3, -0.25) is 0 Å². The Labute approximate surface area is 56.8 Å². The minimum atomic E-state index is -3.17. The summed E-state index contributed by atoms with van der Waals surface area (Å²) in [6, 6.07) is 0. The highest BCUT2D eigenvalue weighted by molar-refractivity contribution is 5.05. The van der Waals surface area contributed by atoms with Crippen LogP contribution in [0.1, 0.15) is 6.42 Å². The number of alkyl halides is 2. The molecule has 0 aliphatic heterocycles. The predicted molar refractivity (Wildman–Crippen MR) is 30.7 cm³/mol. The summed E-state index contributed by atoms with van der Waals surface area (Å²) >= 11 is 0. The van der Waals surface area contributed by atoms with Gasteiger partial charge in [-0.25, -0.2) is 8.78 Å². The molecule has 0 spiro atoms. The van der Waals surface area contributed by atoms with E-state index in [1.807, 2.05) is 0 Å². The first kappa shape index (κ1) is 7.63. The van der Waals surface area contributed by atoms with Crippen molar-refractivity contribution in [3.05, 3.63) is 12.2 Å². The summed E-state index contributed by atoms with van der Waals surface area (Å²) in [4.78, 5) is 0. The Morgan fingerprint density at radius 2 is 2.00 bits per heavy atom. The maximum absolute atomic E-state index is 12.4. The molecule has 2 atom stereocenters. The summed E-state index contributed by atoms with van der Waals surface area (Å²) in [7, 11) is 0. The molecule has 0 heterocycles.